The van der Waals surface area contributed by atoms with E-state index in [0.717, 1.165) is 22.3 Å². The van der Waals surface area contributed by atoms with Crippen molar-refractivity contribution in [2.24, 2.45) is 0 Å². The number of amides is 1. The van der Waals surface area contributed by atoms with E-state index < -0.39 is 30.2 Å². The number of carbonyl (C=O) groups excluding carboxylic acids is 2. The lowest BCUT2D eigenvalue weighted by Crippen LogP contribution is -2.43. The Bertz CT molecular complexity index is 1650. The monoisotopic (exact) mass is 556 g/mol. The minimum Gasteiger partial charge on any atom is -0.508 e. The number of aryl methyl sites for hydroxylation is 1. The molecule has 41 heavy (non-hydrogen) atoms. The number of carbonyl (C=O) groups is 3. The smallest absolute Gasteiger partial charge is 0.336 e. The van der Waals surface area contributed by atoms with Gasteiger partial charge in [0, 0.05) is 18.2 Å². The van der Waals surface area contributed by atoms with E-state index in [2.05, 4.69) is 10.3 Å². The van der Waals surface area contributed by atoms with E-state index in [4.69, 9.17) is 9.47 Å². The number of aliphatic hydroxyl groups excluding tert-OH is 1. The van der Waals surface area contributed by atoms with Crippen molar-refractivity contribution in [3.63, 3.8) is 0 Å². The van der Waals surface area contributed by atoms with Crippen LogP contribution in [0, 0.1) is 6.92 Å². The summed E-state index contributed by atoms with van der Waals surface area (Å²) < 4.78 is 9.98. The summed E-state index contributed by atoms with van der Waals surface area (Å²) in [6.07, 6.45) is -0.322. The van der Waals surface area contributed by atoms with E-state index in [9.17, 15) is 29.7 Å². The van der Waals surface area contributed by atoms with Gasteiger partial charge in [-0.05, 0) is 65.1 Å². The number of aliphatic hydroxyl groups is 1. The Morgan fingerprint density at radius 1 is 1.02 bits per heavy atom. The van der Waals surface area contributed by atoms with Crippen LogP contribution in [0.4, 0.5) is 0 Å². The number of carboxylic acids is 1. The van der Waals surface area contributed by atoms with Crippen LogP contribution in [-0.2, 0) is 27.1 Å². The Morgan fingerprint density at radius 3 is 2.37 bits per heavy atom. The fraction of sp³-hybridized carbons (Fsp3) is 0.226. The molecule has 1 aliphatic rings. The highest BCUT2D eigenvalue weighted by Gasteiger charge is 2.37. The number of ether oxygens (including phenoxy) is 2. The van der Waals surface area contributed by atoms with Gasteiger partial charge in [-0.25, -0.2) is 14.6 Å². The molecule has 0 spiro atoms. The molecule has 0 bridgehead atoms. The van der Waals surface area contributed by atoms with Crippen molar-refractivity contribution in [3.8, 4) is 16.9 Å². The van der Waals surface area contributed by atoms with E-state index in [0.29, 0.717) is 22.9 Å². The Morgan fingerprint density at radius 2 is 1.71 bits per heavy atom. The van der Waals surface area contributed by atoms with Gasteiger partial charge in [0.2, 0.25) is 0 Å². The topological polar surface area (TPSA) is 159 Å². The number of rotatable bonds is 9. The number of hydrogen-bond donors (Lipinski definition) is 4. The first-order valence-corrected chi connectivity index (χ1v) is 12.9. The first kappa shape index (κ1) is 27.8. The first-order valence-electron chi connectivity index (χ1n) is 12.9. The molecule has 1 aromatic heterocycles. The summed E-state index contributed by atoms with van der Waals surface area (Å²) in [5, 5.41) is 32.0. The Labute approximate surface area is 235 Å². The molecule has 5 rings (SSSR count). The summed E-state index contributed by atoms with van der Waals surface area (Å²) in [4.78, 5) is 42.2. The maximum atomic E-state index is 13.2. The molecule has 4 N–H and O–H groups in total. The summed E-state index contributed by atoms with van der Waals surface area (Å²) in [5.74, 6) is -2.59. The Kier molecular flexibility index (Phi) is 7.69. The van der Waals surface area contributed by atoms with Gasteiger partial charge in [0.05, 0.1) is 18.2 Å². The SMILES string of the molecule is COC(=O)[C@H](Cc1ccc(O)cc1)NC(=O)c1cc(C(=O)O)c2cc(-c3ccc(C)c(CC4OC4O)c3)ccc2n1. The molecule has 2 heterocycles. The van der Waals surface area contributed by atoms with Crippen LogP contribution in [0.2, 0.25) is 0 Å². The molecule has 1 saturated heterocycles. The third-order valence-corrected chi connectivity index (χ3v) is 7.10. The number of hydrogen-bond acceptors (Lipinski definition) is 8. The molecule has 1 fully saturated rings. The Balaban J connectivity index is 1.44. The number of phenolic OH excluding ortho intramolecular Hbond substituents is 1. The fourth-order valence-electron chi connectivity index (χ4n) is 4.70. The van der Waals surface area contributed by atoms with Crippen LogP contribution in [0.5, 0.6) is 5.75 Å². The van der Waals surface area contributed by atoms with Crippen LogP contribution in [-0.4, -0.2) is 63.7 Å². The summed E-state index contributed by atoms with van der Waals surface area (Å²) >= 11 is 0. The van der Waals surface area contributed by atoms with Crippen LogP contribution in [0.25, 0.3) is 22.0 Å². The average Bonchev–Trinajstić information content (AvgIpc) is 3.67. The second-order valence-corrected chi connectivity index (χ2v) is 9.92. The number of epoxide rings is 1. The van der Waals surface area contributed by atoms with Crippen molar-refractivity contribution < 1.29 is 39.2 Å². The van der Waals surface area contributed by atoms with Crippen molar-refractivity contribution in [1.82, 2.24) is 10.3 Å². The predicted octanol–water partition coefficient (Wildman–Crippen LogP) is 3.39. The second kappa shape index (κ2) is 11.4. The van der Waals surface area contributed by atoms with Crippen LogP contribution < -0.4 is 5.32 Å². The highest BCUT2D eigenvalue weighted by atomic mass is 16.7. The van der Waals surface area contributed by atoms with E-state index >= 15 is 0 Å². The lowest BCUT2D eigenvalue weighted by atomic mass is 9.95. The molecule has 3 aromatic carbocycles. The highest BCUT2D eigenvalue weighted by Crippen LogP contribution is 2.31. The minimum atomic E-state index is -1.23. The molecule has 3 atom stereocenters. The predicted molar refractivity (Wildman–Crippen MR) is 149 cm³/mol. The molecule has 0 saturated carbocycles. The molecule has 0 radical (unpaired) electrons. The third-order valence-electron chi connectivity index (χ3n) is 7.10. The number of phenols is 1. The minimum absolute atomic E-state index is 0.0626. The quantitative estimate of drug-likeness (QED) is 0.179. The third kappa shape index (κ3) is 6.19. The zero-order chi connectivity index (χ0) is 29.3. The maximum Gasteiger partial charge on any atom is 0.336 e. The van der Waals surface area contributed by atoms with Gasteiger partial charge in [0.15, 0.2) is 6.29 Å². The lowest BCUT2D eigenvalue weighted by Gasteiger charge is -2.17. The van der Waals surface area contributed by atoms with Crippen molar-refractivity contribution in [2.45, 2.75) is 38.2 Å². The van der Waals surface area contributed by atoms with E-state index in [-0.39, 0.29) is 29.5 Å². The number of aromatic carboxylic acids is 1. The van der Waals surface area contributed by atoms with E-state index in [1.165, 1.54) is 25.3 Å². The largest absolute Gasteiger partial charge is 0.508 e. The first-order chi connectivity index (χ1) is 19.6. The number of fused-ring (bicyclic) bond motifs is 1. The summed E-state index contributed by atoms with van der Waals surface area (Å²) in [5.41, 5.74) is 4.38. The molecule has 1 amide bonds. The van der Waals surface area contributed by atoms with Crippen molar-refractivity contribution in [2.75, 3.05) is 7.11 Å². The number of nitrogens with one attached hydrogen (secondary N) is 1. The van der Waals surface area contributed by atoms with Crippen molar-refractivity contribution in [1.29, 1.82) is 0 Å². The van der Waals surface area contributed by atoms with Gasteiger partial charge in [-0.2, -0.15) is 0 Å². The molecule has 10 heteroatoms. The molecule has 4 aromatic rings. The number of benzene rings is 3. The zero-order valence-corrected chi connectivity index (χ0v) is 22.3. The van der Waals surface area contributed by atoms with Crippen LogP contribution in [0.1, 0.15) is 37.5 Å². The number of pyridine rings is 1. The summed E-state index contributed by atoms with van der Waals surface area (Å²) in [7, 11) is 1.20. The summed E-state index contributed by atoms with van der Waals surface area (Å²) in [6, 6.07) is 17.3. The summed E-state index contributed by atoms with van der Waals surface area (Å²) in [6.45, 7) is 1.97. The number of aromatic hydroxyl groups is 1. The van der Waals surface area contributed by atoms with Crippen molar-refractivity contribution in [3.05, 3.63) is 94.7 Å². The van der Waals surface area contributed by atoms with Crippen molar-refractivity contribution >= 4 is 28.7 Å². The highest BCUT2D eigenvalue weighted by molar-refractivity contribution is 6.07. The van der Waals surface area contributed by atoms with Gasteiger partial charge in [-0.15, -0.1) is 0 Å². The van der Waals surface area contributed by atoms with E-state index in [1.54, 1.807) is 30.3 Å². The number of nitrogens with zero attached hydrogens (tertiary/aromatic N) is 1. The van der Waals surface area contributed by atoms with Gasteiger partial charge < -0.3 is 30.1 Å². The van der Waals surface area contributed by atoms with Crippen LogP contribution >= 0.6 is 0 Å². The van der Waals surface area contributed by atoms with E-state index in [1.807, 2.05) is 25.1 Å². The molecule has 210 valence electrons. The molecule has 0 aliphatic carbocycles. The number of aromatic nitrogens is 1. The van der Waals surface area contributed by atoms with Crippen LogP contribution in [0.3, 0.4) is 0 Å². The molecule has 2 unspecified atom stereocenters. The van der Waals surface area contributed by atoms with Crippen LogP contribution in [0.15, 0.2) is 66.7 Å². The zero-order valence-electron chi connectivity index (χ0n) is 22.3. The average molecular weight is 557 g/mol. The molecule has 10 nitrogen and oxygen atoms in total. The van der Waals surface area contributed by atoms with Gasteiger partial charge in [0.25, 0.3) is 5.91 Å². The Hall–Kier alpha value is -4.80. The van der Waals surface area contributed by atoms with Gasteiger partial charge in [0.1, 0.15) is 23.6 Å². The van der Waals surface area contributed by atoms with Gasteiger partial charge in [-0.1, -0.05) is 36.4 Å². The number of esters is 1. The van der Waals surface area contributed by atoms with Gasteiger partial charge >= 0.3 is 11.9 Å². The normalized spacial score (nSPS) is 16.7. The maximum absolute atomic E-state index is 13.2. The number of methoxy groups -OCH3 is 1. The lowest BCUT2D eigenvalue weighted by molar-refractivity contribution is -0.142. The molecular formula is C31H28N2O8. The van der Waals surface area contributed by atoms with Gasteiger partial charge in [-0.3, -0.25) is 4.79 Å². The number of carboxylic acid groups (broad SMARTS) is 1. The molecule has 1 aliphatic heterocycles. The second-order valence-electron chi connectivity index (χ2n) is 9.92. The fourth-order valence-corrected chi connectivity index (χ4v) is 4.70. The standard InChI is InChI=1S/C31H28N2O8/c1-16-3-6-18(12-20(16)14-27-31(39)41-27)19-7-10-24-22(13-19)23(29(36)37)15-25(32-24)28(35)33-26(30(38)40-2)11-17-4-8-21(34)9-5-17/h3-10,12-13,15,26-27,31,34,39H,11,14H2,1-2H3,(H,33,35)(H,36,37)/t26-,27?,31?/m0/s1. The molecular weight excluding hydrogens is 528 g/mol.